The van der Waals surface area contributed by atoms with Gasteiger partial charge in [-0.05, 0) is 211 Å². The minimum absolute atomic E-state index is 0.566. The van der Waals surface area contributed by atoms with Gasteiger partial charge in [0.1, 0.15) is 0 Å². The highest BCUT2D eigenvalue weighted by molar-refractivity contribution is 9.10. The predicted octanol–water partition coefficient (Wildman–Crippen LogP) is 25.7. The van der Waals surface area contributed by atoms with Gasteiger partial charge in [-0.2, -0.15) is 0 Å². The van der Waals surface area contributed by atoms with E-state index >= 15 is 0 Å². The van der Waals surface area contributed by atoms with Crippen molar-refractivity contribution < 1.29 is 10.0 Å². The zero-order valence-corrected chi connectivity index (χ0v) is 59.0. The maximum atomic E-state index is 9.94. The highest BCUT2D eigenvalue weighted by Crippen LogP contribution is 2.49. The van der Waals surface area contributed by atoms with Crippen molar-refractivity contribution in [2.45, 2.75) is 0 Å². The molecule has 0 spiro atoms. The van der Waals surface area contributed by atoms with Gasteiger partial charge in [-0.1, -0.05) is 317 Å². The van der Waals surface area contributed by atoms with Crippen molar-refractivity contribution in [2.24, 2.45) is 0 Å². The van der Waals surface area contributed by atoms with Crippen LogP contribution in [0.3, 0.4) is 0 Å². The van der Waals surface area contributed by atoms with E-state index in [1.165, 1.54) is 137 Å². The van der Waals surface area contributed by atoms with E-state index in [2.05, 4.69) is 338 Å². The van der Waals surface area contributed by atoms with Crippen LogP contribution in [0.5, 0.6) is 0 Å². The Morgan fingerprint density at radius 3 is 0.680 bits per heavy atom. The molecule has 20 aromatic rings. The summed E-state index contributed by atoms with van der Waals surface area (Å²) >= 11 is 7.16. The Bertz CT molecular complexity index is 6210. The van der Waals surface area contributed by atoms with Crippen LogP contribution in [-0.2, 0) is 0 Å². The molecule has 0 saturated heterocycles. The third-order valence-electron chi connectivity index (χ3n) is 20.3. The Morgan fingerprint density at radius 2 is 0.408 bits per heavy atom. The number of rotatable bonds is 8. The van der Waals surface area contributed by atoms with Crippen molar-refractivity contribution in [2.75, 3.05) is 0 Å². The topological polar surface area (TPSA) is 50.3 Å². The summed E-state index contributed by atoms with van der Waals surface area (Å²) < 4.78 is 6.94. The first-order valence-electron chi connectivity index (χ1n) is 34.7. The zero-order chi connectivity index (χ0) is 69.1. The number of halogens is 2. The van der Waals surface area contributed by atoms with E-state index in [0.29, 0.717) is 5.46 Å². The molecule has 0 saturated carbocycles. The fourth-order valence-electron chi connectivity index (χ4n) is 16.1. The molecule has 0 aliphatic heterocycles. The van der Waals surface area contributed by atoms with Crippen LogP contribution in [0.1, 0.15) is 0 Å². The van der Waals surface area contributed by atoms with Crippen LogP contribution in [-0.4, -0.2) is 26.3 Å². The van der Waals surface area contributed by atoms with E-state index < -0.39 is 7.12 Å². The molecule has 0 aliphatic carbocycles. The van der Waals surface area contributed by atoms with Crippen LogP contribution in [0.25, 0.3) is 175 Å². The van der Waals surface area contributed by atoms with Crippen molar-refractivity contribution in [3.8, 4) is 67.0 Å². The fraction of sp³-hybridized carbons (Fsp3) is 0. The summed E-state index contributed by atoms with van der Waals surface area (Å²) in [6.45, 7) is 0. The molecule has 0 amide bonds. The lowest BCUT2D eigenvalue weighted by Crippen LogP contribution is -2.31. The molecule has 0 bridgehead atoms. The minimum Gasteiger partial charge on any atom is -0.423 e. The van der Waals surface area contributed by atoms with Crippen molar-refractivity contribution in [3.63, 3.8) is 0 Å². The van der Waals surface area contributed by atoms with Gasteiger partial charge in [0.15, 0.2) is 0 Å². The van der Waals surface area contributed by atoms with Crippen LogP contribution < -0.4 is 5.46 Å². The van der Waals surface area contributed by atoms with Gasteiger partial charge in [0.2, 0.25) is 0 Å². The van der Waals surface area contributed by atoms with Crippen LogP contribution >= 0.6 is 31.9 Å². The molecule has 0 atom stereocenters. The van der Waals surface area contributed by atoms with Crippen LogP contribution in [0.2, 0.25) is 0 Å². The molecule has 0 aliphatic rings. The van der Waals surface area contributed by atoms with E-state index in [1.807, 2.05) is 72.8 Å². The third kappa shape index (κ3) is 11.2. The summed E-state index contributed by atoms with van der Waals surface area (Å²) in [5.74, 6) is 0. The van der Waals surface area contributed by atoms with Gasteiger partial charge >= 0.3 is 7.12 Å². The molecule has 0 unspecified atom stereocenters. The molecule has 20 rings (SSSR count). The molecule has 486 valence electrons. The standard InChI is InChI=1S/C58H37N.C20H15BO2.C18H11Br2N/c1-4-18-38(19-5-1)55-43-24-10-14-28-47(43)57(48-29-15-11-25-44(48)55)40-32-34-53-51(36-40)52-37-41(33-35-54(52)59(53)42-22-8-3-9-23-42)58-49-30-16-12-26-45(49)56(39-20-6-2-7-21-39)46-27-13-17-31-50(46)58;22-21(23)20-17-12-6-4-10-15(17)19(14-8-2-1-3-9-14)16-11-5-7-13-18(16)20;19-12-6-8-17-15(10-12)16-11-13(20)7-9-18(16)21(17)14-4-2-1-3-5-14/h1-37H;1-13,22-23H;1-11H. The van der Waals surface area contributed by atoms with E-state index in [1.54, 1.807) is 0 Å². The summed E-state index contributed by atoms with van der Waals surface area (Å²) in [5.41, 5.74) is 20.0. The normalized spacial score (nSPS) is 11.5. The Labute approximate surface area is 613 Å². The van der Waals surface area contributed by atoms with E-state index in [0.717, 1.165) is 47.3 Å². The number of hydrogen-bond acceptors (Lipinski definition) is 2. The quantitative estimate of drug-likeness (QED) is 0.118. The number of nitrogens with zero attached hydrogens (tertiary/aromatic N) is 2. The largest absolute Gasteiger partial charge is 0.489 e. The first-order chi connectivity index (χ1) is 50.8. The Kier molecular flexibility index (Phi) is 16.5. The number of fused-ring (bicyclic) bond motifs is 12. The number of para-hydroxylation sites is 2. The maximum Gasteiger partial charge on any atom is 0.489 e. The zero-order valence-electron chi connectivity index (χ0n) is 55.8. The van der Waals surface area contributed by atoms with Crippen LogP contribution in [0.15, 0.2) is 379 Å². The minimum atomic E-state index is -1.50. The summed E-state index contributed by atoms with van der Waals surface area (Å²) in [6.07, 6.45) is 0. The number of benzene rings is 18. The molecule has 18 aromatic carbocycles. The van der Waals surface area contributed by atoms with Gasteiger partial charge < -0.3 is 19.2 Å². The second-order valence-corrected chi connectivity index (χ2v) is 28.0. The second-order valence-electron chi connectivity index (χ2n) is 26.2. The van der Waals surface area contributed by atoms with Crippen molar-refractivity contribution in [3.05, 3.63) is 379 Å². The SMILES string of the molecule is Brc1ccc2c(c1)c1cc(Br)ccc1n2-c1ccccc1.OB(O)c1c2ccccc2c(-c2ccccc2)c2ccccc12.c1ccc(-c2c3ccccc3c(-c3ccc4c(c3)c3cc(-c5c6ccccc6c(-c6ccccc6)c6ccccc56)ccc3n4-c3ccccc3)c3ccccc23)cc1. The second kappa shape index (κ2) is 26.9. The van der Waals surface area contributed by atoms with Gasteiger partial charge in [-0.25, -0.2) is 0 Å². The molecule has 0 fully saturated rings. The summed E-state index contributed by atoms with van der Waals surface area (Å²) in [4.78, 5) is 0. The maximum absolute atomic E-state index is 9.94. The lowest BCUT2D eigenvalue weighted by Gasteiger charge is -2.18. The predicted molar refractivity (Wildman–Crippen MR) is 445 cm³/mol. The van der Waals surface area contributed by atoms with Crippen molar-refractivity contribution >= 4 is 153 Å². The summed E-state index contributed by atoms with van der Waals surface area (Å²) in [5, 5.41) is 38.7. The highest BCUT2D eigenvalue weighted by atomic mass is 79.9. The molecular weight excluding hydrogens is 1380 g/mol. The molecule has 4 nitrogen and oxygen atoms in total. The highest BCUT2D eigenvalue weighted by Gasteiger charge is 2.25. The Balaban J connectivity index is 0.000000139. The number of hydrogen-bond donors (Lipinski definition) is 2. The fourth-order valence-corrected chi connectivity index (χ4v) is 16.8. The molecule has 103 heavy (non-hydrogen) atoms. The number of aromatic nitrogens is 2. The summed E-state index contributed by atoms with van der Waals surface area (Å²) in [6, 6.07) is 132. The molecule has 0 radical (unpaired) electrons. The van der Waals surface area contributed by atoms with Crippen LogP contribution in [0, 0.1) is 0 Å². The monoisotopic (exact) mass is 1440 g/mol. The first kappa shape index (κ1) is 63.3. The van der Waals surface area contributed by atoms with Gasteiger partial charge in [-0.15, -0.1) is 0 Å². The van der Waals surface area contributed by atoms with Gasteiger partial charge in [0.25, 0.3) is 0 Å². The first-order valence-corrected chi connectivity index (χ1v) is 36.3. The average Bonchev–Trinajstić information content (AvgIpc) is 1.68. The molecule has 7 heteroatoms. The van der Waals surface area contributed by atoms with Gasteiger partial charge in [0, 0.05) is 41.9 Å². The van der Waals surface area contributed by atoms with E-state index in [-0.39, 0.29) is 0 Å². The van der Waals surface area contributed by atoms with E-state index in [9.17, 15) is 10.0 Å². The van der Waals surface area contributed by atoms with Crippen molar-refractivity contribution in [1.82, 2.24) is 9.13 Å². The smallest absolute Gasteiger partial charge is 0.423 e. The summed E-state index contributed by atoms with van der Waals surface area (Å²) in [7, 11) is -1.50. The molecule has 2 aromatic heterocycles. The van der Waals surface area contributed by atoms with E-state index in [4.69, 9.17) is 0 Å². The lowest BCUT2D eigenvalue weighted by atomic mass is 9.72. The lowest BCUT2D eigenvalue weighted by molar-refractivity contribution is 0.426. The molecule has 2 heterocycles. The molecular formula is C96H63BBr2N2O2. The van der Waals surface area contributed by atoms with Crippen molar-refractivity contribution in [1.29, 1.82) is 0 Å². The molecule has 2 N–H and O–H groups in total. The average molecular weight is 1450 g/mol. The van der Waals surface area contributed by atoms with Gasteiger partial charge in [0.05, 0.1) is 22.1 Å². The third-order valence-corrected chi connectivity index (χ3v) is 21.3. The Morgan fingerprint density at radius 1 is 0.194 bits per heavy atom. The Hall–Kier alpha value is -11.9. The van der Waals surface area contributed by atoms with Crippen LogP contribution in [0.4, 0.5) is 0 Å². The van der Waals surface area contributed by atoms with Gasteiger partial charge in [-0.3, -0.25) is 0 Å².